The summed E-state index contributed by atoms with van der Waals surface area (Å²) >= 11 is 0. The third kappa shape index (κ3) is 1.82. The second-order valence-electron chi connectivity index (χ2n) is 4.27. The summed E-state index contributed by atoms with van der Waals surface area (Å²) in [5.74, 6) is 0.0139. The minimum atomic E-state index is 0.0139. The van der Waals surface area contributed by atoms with Crippen molar-refractivity contribution >= 4 is 17.1 Å². The molecule has 0 bridgehead atoms. The number of carbonyl (C=O) groups is 1. The molecule has 0 radical (unpaired) electrons. The molecule has 0 saturated carbocycles. The SMILES string of the molecule is O=C1NCC(c2ccccc2)=C1c1ccccc1. The van der Waals surface area contributed by atoms with Crippen LogP contribution in [0.1, 0.15) is 11.1 Å². The first-order valence-corrected chi connectivity index (χ1v) is 5.98. The van der Waals surface area contributed by atoms with E-state index in [-0.39, 0.29) is 5.91 Å². The van der Waals surface area contributed by atoms with E-state index in [1.807, 2.05) is 60.7 Å². The summed E-state index contributed by atoms with van der Waals surface area (Å²) < 4.78 is 0. The van der Waals surface area contributed by atoms with Crippen molar-refractivity contribution < 1.29 is 4.79 Å². The normalized spacial score (nSPS) is 14.8. The van der Waals surface area contributed by atoms with E-state index in [1.165, 1.54) is 0 Å². The maximum absolute atomic E-state index is 12.0. The number of hydrogen-bond acceptors (Lipinski definition) is 1. The average molecular weight is 235 g/mol. The van der Waals surface area contributed by atoms with Crippen molar-refractivity contribution in [2.24, 2.45) is 0 Å². The van der Waals surface area contributed by atoms with E-state index in [0.717, 1.165) is 22.3 Å². The summed E-state index contributed by atoms with van der Waals surface area (Å²) in [5, 5.41) is 2.90. The predicted octanol–water partition coefficient (Wildman–Crippen LogP) is 2.73. The van der Waals surface area contributed by atoms with Crippen LogP contribution in [-0.4, -0.2) is 12.5 Å². The molecule has 88 valence electrons. The first-order valence-electron chi connectivity index (χ1n) is 5.98. The molecule has 0 fully saturated rings. The van der Waals surface area contributed by atoms with Crippen LogP contribution in [0, 0.1) is 0 Å². The van der Waals surface area contributed by atoms with Crippen LogP contribution in [0.4, 0.5) is 0 Å². The van der Waals surface area contributed by atoms with Crippen LogP contribution in [-0.2, 0) is 4.79 Å². The third-order valence-electron chi connectivity index (χ3n) is 3.14. The molecule has 0 spiro atoms. The fourth-order valence-electron chi connectivity index (χ4n) is 2.28. The summed E-state index contributed by atoms with van der Waals surface area (Å²) in [6.45, 7) is 0.604. The van der Waals surface area contributed by atoms with Gasteiger partial charge in [-0.15, -0.1) is 0 Å². The summed E-state index contributed by atoms with van der Waals surface area (Å²) in [6, 6.07) is 19.9. The van der Waals surface area contributed by atoms with Crippen molar-refractivity contribution in [3.8, 4) is 0 Å². The molecule has 0 aromatic heterocycles. The van der Waals surface area contributed by atoms with Crippen molar-refractivity contribution in [3.05, 3.63) is 71.8 Å². The van der Waals surface area contributed by atoms with Crippen LogP contribution < -0.4 is 5.32 Å². The lowest BCUT2D eigenvalue weighted by atomic mass is 9.97. The largest absolute Gasteiger partial charge is 0.348 e. The molecule has 18 heavy (non-hydrogen) atoms. The second kappa shape index (κ2) is 4.49. The van der Waals surface area contributed by atoms with E-state index in [9.17, 15) is 4.79 Å². The molecule has 1 aliphatic heterocycles. The molecule has 1 aliphatic rings. The maximum atomic E-state index is 12.0. The lowest BCUT2D eigenvalue weighted by Gasteiger charge is -2.05. The highest BCUT2D eigenvalue weighted by Crippen LogP contribution is 2.29. The van der Waals surface area contributed by atoms with Gasteiger partial charge in [0.1, 0.15) is 0 Å². The van der Waals surface area contributed by atoms with Crippen LogP contribution in [0.15, 0.2) is 60.7 Å². The van der Waals surface area contributed by atoms with E-state index in [0.29, 0.717) is 6.54 Å². The Balaban J connectivity index is 2.16. The van der Waals surface area contributed by atoms with Gasteiger partial charge < -0.3 is 5.32 Å². The van der Waals surface area contributed by atoms with Gasteiger partial charge in [-0.05, 0) is 16.7 Å². The molecule has 0 unspecified atom stereocenters. The molecule has 2 aromatic rings. The number of nitrogens with one attached hydrogen (secondary N) is 1. The third-order valence-corrected chi connectivity index (χ3v) is 3.14. The van der Waals surface area contributed by atoms with Gasteiger partial charge in [0.15, 0.2) is 0 Å². The summed E-state index contributed by atoms with van der Waals surface area (Å²) in [5.41, 5.74) is 3.95. The van der Waals surface area contributed by atoms with E-state index < -0.39 is 0 Å². The standard InChI is InChI=1S/C16H13NO/c18-16-15(13-9-5-2-6-10-13)14(11-17-16)12-7-3-1-4-8-12/h1-10H,11H2,(H,17,18). The van der Waals surface area contributed by atoms with Crippen molar-refractivity contribution in [2.75, 3.05) is 6.54 Å². The lowest BCUT2D eigenvalue weighted by molar-refractivity contribution is -0.114. The molecule has 2 heteroatoms. The van der Waals surface area contributed by atoms with E-state index in [1.54, 1.807) is 0 Å². The Bertz CT molecular complexity index is 600. The zero-order valence-electron chi connectivity index (χ0n) is 9.89. The van der Waals surface area contributed by atoms with Crippen molar-refractivity contribution in [2.45, 2.75) is 0 Å². The summed E-state index contributed by atoms with van der Waals surface area (Å²) in [4.78, 5) is 12.0. The molecule has 0 aliphatic carbocycles. The van der Waals surface area contributed by atoms with Crippen molar-refractivity contribution in [1.29, 1.82) is 0 Å². The fourth-order valence-corrected chi connectivity index (χ4v) is 2.28. The molecule has 0 saturated heterocycles. The van der Waals surface area contributed by atoms with Gasteiger partial charge in [0.05, 0.1) is 5.57 Å². The Morgan fingerprint density at radius 2 is 1.33 bits per heavy atom. The van der Waals surface area contributed by atoms with Crippen LogP contribution in [0.3, 0.4) is 0 Å². The van der Waals surface area contributed by atoms with Crippen LogP contribution in [0.5, 0.6) is 0 Å². The zero-order valence-corrected chi connectivity index (χ0v) is 9.89. The molecule has 1 N–H and O–H groups in total. The number of hydrogen-bond donors (Lipinski definition) is 1. The maximum Gasteiger partial charge on any atom is 0.252 e. The minimum absolute atomic E-state index is 0.0139. The lowest BCUT2D eigenvalue weighted by Crippen LogP contribution is -2.16. The molecule has 1 amide bonds. The summed E-state index contributed by atoms with van der Waals surface area (Å²) in [6.07, 6.45) is 0. The van der Waals surface area contributed by atoms with Crippen molar-refractivity contribution in [3.63, 3.8) is 0 Å². The monoisotopic (exact) mass is 235 g/mol. The number of benzene rings is 2. The van der Waals surface area contributed by atoms with E-state index in [2.05, 4.69) is 5.32 Å². The zero-order chi connectivity index (χ0) is 12.4. The van der Waals surface area contributed by atoms with Gasteiger partial charge in [-0.1, -0.05) is 60.7 Å². The topological polar surface area (TPSA) is 29.1 Å². The van der Waals surface area contributed by atoms with Gasteiger partial charge in [-0.2, -0.15) is 0 Å². The van der Waals surface area contributed by atoms with Crippen LogP contribution in [0.25, 0.3) is 11.1 Å². The van der Waals surface area contributed by atoms with E-state index in [4.69, 9.17) is 0 Å². The Kier molecular flexibility index (Phi) is 2.69. The molecular weight excluding hydrogens is 222 g/mol. The Morgan fingerprint density at radius 3 is 1.94 bits per heavy atom. The first-order chi connectivity index (χ1) is 8.86. The Hall–Kier alpha value is -2.35. The van der Waals surface area contributed by atoms with Crippen LogP contribution >= 0.6 is 0 Å². The van der Waals surface area contributed by atoms with Gasteiger partial charge in [0, 0.05) is 6.54 Å². The second-order valence-corrected chi connectivity index (χ2v) is 4.27. The van der Waals surface area contributed by atoms with Gasteiger partial charge in [-0.25, -0.2) is 0 Å². The van der Waals surface area contributed by atoms with Gasteiger partial charge in [0.25, 0.3) is 5.91 Å². The average Bonchev–Trinajstić information content (AvgIpc) is 2.83. The number of rotatable bonds is 2. The molecule has 3 rings (SSSR count). The highest BCUT2D eigenvalue weighted by atomic mass is 16.1. The van der Waals surface area contributed by atoms with Crippen molar-refractivity contribution in [1.82, 2.24) is 5.32 Å². The highest BCUT2D eigenvalue weighted by Gasteiger charge is 2.24. The van der Waals surface area contributed by atoms with Crippen LogP contribution in [0.2, 0.25) is 0 Å². The smallest absolute Gasteiger partial charge is 0.252 e. The highest BCUT2D eigenvalue weighted by molar-refractivity contribution is 6.30. The van der Waals surface area contributed by atoms with Gasteiger partial charge in [-0.3, -0.25) is 4.79 Å². The fraction of sp³-hybridized carbons (Fsp3) is 0.0625. The predicted molar refractivity (Wildman–Crippen MR) is 72.7 cm³/mol. The van der Waals surface area contributed by atoms with Gasteiger partial charge >= 0.3 is 0 Å². The molecular formula is C16H13NO. The minimum Gasteiger partial charge on any atom is -0.348 e. The molecule has 2 nitrogen and oxygen atoms in total. The molecule has 2 aromatic carbocycles. The molecule has 1 heterocycles. The quantitative estimate of drug-likeness (QED) is 0.852. The Labute approximate surface area is 106 Å². The van der Waals surface area contributed by atoms with Gasteiger partial charge in [0.2, 0.25) is 0 Å². The first kappa shape index (κ1) is 10.8. The number of carbonyl (C=O) groups excluding carboxylic acids is 1. The van der Waals surface area contributed by atoms with E-state index >= 15 is 0 Å². The summed E-state index contributed by atoms with van der Waals surface area (Å²) in [7, 11) is 0. The number of amides is 1. The molecule has 0 atom stereocenters. The Morgan fingerprint density at radius 1 is 0.778 bits per heavy atom.